The number of rotatable bonds is 7. The standard InChI is InChI=1S/C15H23BrN2O/c1-4-10-18(15(19)11-17-5-2)12(3)13-8-6-7-9-14(13)16/h6-9,12,17H,4-5,10-11H2,1-3H3. The third-order valence-electron chi connectivity index (χ3n) is 3.13. The average molecular weight is 327 g/mol. The van der Waals surface area contributed by atoms with Crippen LogP contribution in [-0.2, 0) is 4.79 Å². The molecule has 0 aliphatic rings. The molecule has 1 aromatic rings. The van der Waals surface area contributed by atoms with E-state index in [1.807, 2.05) is 30.0 Å². The largest absolute Gasteiger partial charge is 0.335 e. The number of nitrogens with one attached hydrogen (secondary N) is 1. The molecule has 0 saturated carbocycles. The molecule has 0 aliphatic carbocycles. The van der Waals surface area contributed by atoms with Crippen molar-refractivity contribution in [1.29, 1.82) is 0 Å². The minimum atomic E-state index is 0.0849. The van der Waals surface area contributed by atoms with Crippen LogP contribution >= 0.6 is 15.9 Å². The maximum Gasteiger partial charge on any atom is 0.237 e. The summed E-state index contributed by atoms with van der Waals surface area (Å²) < 4.78 is 1.06. The Morgan fingerprint density at radius 2 is 2.05 bits per heavy atom. The van der Waals surface area contributed by atoms with E-state index in [0.717, 1.165) is 29.5 Å². The molecule has 19 heavy (non-hydrogen) atoms. The predicted molar refractivity (Wildman–Crippen MR) is 83.1 cm³/mol. The summed E-state index contributed by atoms with van der Waals surface area (Å²) in [6, 6.07) is 8.17. The van der Waals surface area contributed by atoms with Gasteiger partial charge >= 0.3 is 0 Å². The molecule has 3 nitrogen and oxygen atoms in total. The third kappa shape index (κ3) is 4.62. The Balaban J connectivity index is 2.86. The van der Waals surface area contributed by atoms with Gasteiger partial charge < -0.3 is 10.2 Å². The van der Waals surface area contributed by atoms with Crippen molar-refractivity contribution in [3.8, 4) is 0 Å². The summed E-state index contributed by atoms with van der Waals surface area (Å²) in [4.78, 5) is 14.2. The molecular weight excluding hydrogens is 304 g/mol. The highest BCUT2D eigenvalue weighted by Crippen LogP contribution is 2.27. The lowest BCUT2D eigenvalue weighted by Gasteiger charge is -2.30. The van der Waals surface area contributed by atoms with Crippen molar-refractivity contribution >= 4 is 21.8 Å². The van der Waals surface area contributed by atoms with Gasteiger partial charge in [0.15, 0.2) is 0 Å². The van der Waals surface area contributed by atoms with Crippen molar-refractivity contribution in [3.05, 3.63) is 34.3 Å². The number of benzene rings is 1. The van der Waals surface area contributed by atoms with Crippen LogP contribution in [0.2, 0.25) is 0 Å². The Morgan fingerprint density at radius 3 is 2.63 bits per heavy atom. The second-order valence-electron chi connectivity index (χ2n) is 4.56. The first-order chi connectivity index (χ1) is 9.11. The summed E-state index contributed by atoms with van der Waals surface area (Å²) in [5.41, 5.74) is 1.15. The highest BCUT2D eigenvalue weighted by atomic mass is 79.9. The number of likely N-dealkylation sites (N-methyl/N-ethyl adjacent to an activating group) is 1. The smallest absolute Gasteiger partial charge is 0.237 e. The third-order valence-corrected chi connectivity index (χ3v) is 3.86. The Labute approximate surface area is 124 Å². The average Bonchev–Trinajstić information content (AvgIpc) is 2.42. The van der Waals surface area contributed by atoms with Gasteiger partial charge in [0.05, 0.1) is 12.6 Å². The van der Waals surface area contributed by atoms with Gasteiger partial charge in [0.2, 0.25) is 5.91 Å². The van der Waals surface area contributed by atoms with Crippen LogP contribution in [0.1, 0.15) is 38.8 Å². The summed E-state index contributed by atoms with van der Waals surface area (Å²) in [6.07, 6.45) is 0.965. The highest BCUT2D eigenvalue weighted by Gasteiger charge is 2.21. The van der Waals surface area contributed by atoms with E-state index in [2.05, 4.69) is 41.2 Å². The molecule has 0 spiro atoms. The normalized spacial score (nSPS) is 12.2. The Kier molecular flexibility index (Phi) is 7.10. The van der Waals surface area contributed by atoms with E-state index in [1.165, 1.54) is 0 Å². The monoisotopic (exact) mass is 326 g/mol. The maximum absolute atomic E-state index is 12.3. The molecule has 1 amide bonds. The fourth-order valence-electron chi connectivity index (χ4n) is 2.09. The number of halogens is 1. The first-order valence-corrected chi connectivity index (χ1v) is 7.65. The molecule has 0 saturated heterocycles. The lowest BCUT2D eigenvalue weighted by Crippen LogP contribution is -2.40. The first kappa shape index (κ1) is 16.2. The van der Waals surface area contributed by atoms with E-state index in [-0.39, 0.29) is 11.9 Å². The molecule has 0 aliphatic heterocycles. The van der Waals surface area contributed by atoms with Gasteiger partial charge in [-0.25, -0.2) is 0 Å². The number of hydrogen-bond acceptors (Lipinski definition) is 2. The van der Waals surface area contributed by atoms with Gasteiger partial charge in [0.1, 0.15) is 0 Å². The van der Waals surface area contributed by atoms with Crippen LogP contribution < -0.4 is 5.32 Å². The molecule has 4 heteroatoms. The molecule has 1 rings (SSSR count). The van der Waals surface area contributed by atoms with E-state index in [9.17, 15) is 4.79 Å². The van der Waals surface area contributed by atoms with Crippen molar-refractivity contribution in [1.82, 2.24) is 10.2 Å². The first-order valence-electron chi connectivity index (χ1n) is 6.86. The van der Waals surface area contributed by atoms with Crippen molar-refractivity contribution < 1.29 is 4.79 Å². The zero-order chi connectivity index (χ0) is 14.3. The Bertz CT molecular complexity index is 409. The molecule has 0 aromatic heterocycles. The van der Waals surface area contributed by atoms with Gasteiger partial charge in [-0.3, -0.25) is 4.79 Å². The lowest BCUT2D eigenvalue weighted by molar-refractivity contribution is -0.132. The zero-order valence-electron chi connectivity index (χ0n) is 11.9. The minimum absolute atomic E-state index is 0.0849. The van der Waals surface area contributed by atoms with Gasteiger partial charge in [-0.15, -0.1) is 0 Å². The molecule has 0 fully saturated rings. The summed E-state index contributed by atoms with van der Waals surface area (Å²) >= 11 is 3.56. The summed E-state index contributed by atoms with van der Waals surface area (Å²) in [7, 11) is 0. The van der Waals surface area contributed by atoms with Crippen LogP contribution in [-0.4, -0.2) is 30.4 Å². The minimum Gasteiger partial charge on any atom is -0.335 e. The van der Waals surface area contributed by atoms with Crippen molar-refractivity contribution in [2.75, 3.05) is 19.6 Å². The maximum atomic E-state index is 12.3. The predicted octanol–water partition coefficient (Wildman–Crippen LogP) is 3.36. The second kappa shape index (κ2) is 8.33. The van der Waals surface area contributed by atoms with E-state index in [0.29, 0.717) is 6.54 Å². The Morgan fingerprint density at radius 1 is 1.37 bits per heavy atom. The molecular formula is C15H23BrN2O. The topological polar surface area (TPSA) is 32.3 Å². The van der Waals surface area contributed by atoms with Gasteiger partial charge in [-0.2, -0.15) is 0 Å². The number of carbonyl (C=O) groups excluding carboxylic acids is 1. The van der Waals surface area contributed by atoms with Gasteiger partial charge in [0, 0.05) is 11.0 Å². The molecule has 1 atom stereocenters. The van der Waals surface area contributed by atoms with Crippen LogP contribution in [0.4, 0.5) is 0 Å². The second-order valence-corrected chi connectivity index (χ2v) is 5.42. The molecule has 106 valence electrons. The zero-order valence-corrected chi connectivity index (χ0v) is 13.5. The van der Waals surface area contributed by atoms with Crippen molar-refractivity contribution in [2.24, 2.45) is 0 Å². The van der Waals surface area contributed by atoms with Crippen LogP contribution in [0.5, 0.6) is 0 Å². The van der Waals surface area contributed by atoms with E-state index < -0.39 is 0 Å². The van der Waals surface area contributed by atoms with Crippen LogP contribution in [0.3, 0.4) is 0 Å². The highest BCUT2D eigenvalue weighted by molar-refractivity contribution is 9.10. The Hall–Kier alpha value is -0.870. The SMILES string of the molecule is CCCN(C(=O)CNCC)C(C)c1ccccc1Br. The van der Waals surface area contributed by atoms with E-state index >= 15 is 0 Å². The van der Waals surface area contributed by atoms with Crippen molar-refractivity contribution in [2.45, 2.75) is 33.2 Å². The quantitative estimate of drug-likeness (QED) is 0.833. The molecule has 0 bridgehead atoms. The number of hydrogen-bond donors (Lipinski definition) is 1. The van der Waals surface area contributed by atoms with Crippen LogP contribution in [0, 0.1) is 0 Å². The fraction of sp³-hybridized carbons (Fsp3) is 0.533. The van der Waals surface area contributed by atoms with Gasteiger partial charge in [0.25, 0.3) is 0 Å². The van der Waals surface area contributed by atoms with E-state index in [4.69, 9.17) is 0 Å². The number of amides is 1. The number of nitrogens with zero attached hydrogens (tertiary/aromatic N) is 1. The van der Waals surface area contributed by atoms with Crippen LogP contribution in [0.25, 0.3) is 0 Å². The van der Waals surface area contributed by atoms with E-state index in [1.54, 1.807) is 0 Å². The van der Waals surface area contributed by atoms with Crippen LogP contribution in [0.15, 0.2) is 28.7 Å². The fourth-order valence-corrected chi connectivity index (χ4v) is 2.71. The molecule has 0 radical (unpaired) electrons. The number of carbonyl (C=O) groups is 1. The lowest BCUT2D eigenvalue weighted by atomic mass is 10.1. The molecule has 1 unspecified atom stereocenters. The molecule has 0 heterocycles. The van der Waals surface area contributed by atoms with Gasteiger partial charge in [-0.1, -0.05) is 48.0 Å². The summed E-state index contributed by atoms with van der Waals surface area (Å²) in [5, 5.41) is 3.10. The van der Waals surface area contributed by atoms with Crippen molar-refractivity contribution in [3.63, 3.8) is 0 Å². The van der Waals surface area contributed by atoms with Gasteiger partial charge in [-0.05, 0) is 31.5 Å². The summed E-state index contributed by atoms with van der Waals surface area (Å²) in [6.45, 7) is 8.20. The molecule has 1 N–H and O–H groups in total. The molecule has 1 aromatic carbocycles. The summed E-state index contributed by atoms with van der Waals surface area (Å²) in [5.74, 6) is 0.159.